The van der Waals surface area contributed by atoms with Crippen LogP contribution < -0.4 is 0 Å². The number of thiophene rings is 2. The fourth-order valence-electron chi connectivity index (χ4n) is 4.56. The van der Waals surface area contributed by atoms with Crippen LogP contribution in [0.3, 0.4) is 0 Å². The fourth-order valence-corrected chi connectivity index (χ4v) is 7.34. The van der Waals surface area contributed by atoms with E-state index in [1.54, 1.807) is 0 Å². The van der Waals surface area contributed by atoms with Gasteiger partial charge in [-0.3, -0.25) is 4.57 Å². The number of aromatic nitrogens is 2. The summed E-state index contributed by atoms with van der Waals surface area (Å²) in [6.45, 7) is 6.55. The Bertz CT molecular complexity index is 1560. The van der Waals surface area contributed by atoms with E-state index in [0.717, 1.165) is 5.82 Å². The van der Waals surface area contributed by atoms with Gasteiger partial charge in [0, 0.05) is 43.5 Å². The number of hydrogen-bond donors (Lipinski definition) is 0. The molecule has 6 aromatic rings. The van der Waals surface area contributed by atoms with Gasteiger partial charge in [-0.05, 0) is 43.5 Å². The fraction of sp³-hybridized carbons (Fsp3) is 0.115. The average molecular weight is 425 g/mol. The van der Waals surface area contributed by atoms with Crippen molar-refractivity contribution in [1.82, 2.24) is 9.55 Å². The maximum atomic E-state index is 4.85. The van der Waals surface area contributed by atoms with Crippen LogP contribution in [0.2, 0.25) is 0 Å². The van der Waals surface area contributed by atoms with Gasteiger partial charge in [-0.1, -0.05) is 48.5 Å². The second-order valence-corrected chi connectivity index (χ2v) is 10.2. The Labute approximate surface area is 183 Å². The number of benzene rings is 3. The highest BCUT2D eigenvalue weighted by Crippen LogP contribution is 2.47. The minimum Gasteiger partial charge on any atom is -0.299 e. The normalized spacial score (nSPS) is 11.8. The Morgan fingerprint density at radius 2 is 1.57 bits per heavy atom. The molecule has 0 aliphatic heterocycles. The predicted octanol–water partition coefficient (Wildman–Crippen LogP) is 8.05. The van der Waals surface area contributed by atoms with Gasteiger partial charge in [0.25, 0.3) is 0 Å². The minimum absolute atomic E-state index is 1.02. The molecular formula is C26H20N2S2. The summed E-state index contributed by atoms with van der Waals surface area (Å²) in [6, 6.07) is 19.7. The van der Waals surface area contributed by atoms with Gasteiger partial charge in [0.2, 0.25) is 0 Å². The van der Waals surface area contributed by atoms with E-state index in [9.17, 15) is 0 Å². The van der Waals surface area contributed by atoms with Crippen LogP contribution in [-0.2, 0) is 0 Å². The van der Waals surface area contributed by atoms with Crippen molar-refractivity contribution < 1.29 is 0 Å². The van der Waals surface area contributed by atoms with E-state index in [-0.39, 0.29) is 0 Å². The summed E-state index contributed by atoms with van der Waals surface area (Å²) in [5.74, 6) is 1.02. The van der Waals surface area contributed by atoms with Crippen LogP contribution in [0, 0.1) is 20.8 Å². The van der Waals surface area contributed by atoms with E-state index in [4.69, 9.17) is 4.98 Å². The van der Waals surface area contributed by atoms with Crippen molar-refractivity contribution in [2.24, 2.45) is 0 Å². The number of rotatable bonds is 2. The lowest BCUT2D eigenvalue weighted by Crippen LogP contribution is -2.02. The summed E-state index contributed by atoms with van der Waals surface area (Å²) in [6.07, 6.45) is 4.01. The lowest BCUT2D eigenvalue weighted by molar-refractivity contribution is 1.03. The summed E-state index contributed by atoms with van der Waals surface area (Å²) >= 11 is 3.80. The first-order chi connectivity index (χ1) is 14.6. The Morgan fingerprint density at radius 1 is 0.767 bits per heavy atom. The lowest BCUT2D eigenvalue weighted by Gasteiger charge is -2.15. The Hall–Kier alpha value is -2.95. The predicted molar refractivity (Wildman–Crippen MR) is 131 cm³/mol. The van der Waals surface area contributed by atoms with Gasteiger partial charge < -0.3 is 0 Å². The molecule has 0 bridgehead atoms. The molecule has 0 spiro atoms. The molecule has 0 fully saturated rings. The van der Waals surface area contributed by atoms with Crippen molar-refractivity contribution in [3.05, 3.63) is 83.7 Å². The molecule has 3 aromatic heterocycles. The van der Waals surface area contributed by atoms with Crippen molar-refractivity contribution in [2.75, 3.05) is 0 Å². The van der Waals surface area contributed by atoms with Gasteiger partial charge in [0.05, 0.1) is 9.70 Å². The summed E-state index contributed by atoms with van der Waals surface area (Å²) < 4.78 is 6.35. The number of fused-ring (bicyclic) bond motifs is 5. The van der Waals surface area contributed by atoms with Gasteiger partial charge in [-0.2, -0.15) is 0 Å². The molecule has 6 rings (SSSR count). The summed E-state index contributed by atoms with van der Waals surface area (Å²) in [4.78, 5) is 4.85. The summed E-state index contributed by atoms with van der Waals surface area (Å²) in [5, 5.41) is 4.09. The van der Waals surface area contributed by atoms with Crippen LogP contribution in [0.5, 0.6) is 0 Å². The van der Waals surface area contributed by atoms with Gasteiger partial charge in [0.15, 0.2) is 0 Å². The Balaban J connectivity index is 1.70. The molecular weight excluding hydrogens is 404 g/mol. The molecule has 0 saturated heterocycles. The molecule has 30 heavy (non-hydrogen) atoms. The first-order valence-electron chi connectivity index (χ1n) is 10.1. The lowest BCUT2D eigenvalue weighted by atomic mass is 10.0. The van der Waals surface area contributed by atoms with Crippen molar-refractivity contribution >= 4 is 52.2 Å². The monoisotopic (exact) mass is 424 g/mol. The number of para-hydroxylation sites is 1. The quantitative estimate of drug-likeness (QED) is 0.275. The van der Waals surface area contributed by atoms with Crippen molar-refractivity contribution in [2.45, 2.75) is 20.8 Å². The van der Waals surface area contributed by atoms with Crippen LogP contribution in [0.15, 0.2) is 67.0 Å². The summed E-state index contributed by atoms with van der Waals surface area (Å²) in [5.41, 5.74) is 6.26. The van der Waals surface area contributed by atoms with Gasteiger partial charge in [-0.15, -0.1) is 22.7 Å². The SMILES string of the molecule is Cc1cccc(C)c1-n1ccnc1-c1c(C)ccc2c1sc1sc3ccccc3c12. The maximum Gasteiger partial charge on any atom is 0.146 e. The third kappa shape index (κ3) is 2.44. The molecule has 4 heteroatoms. The minimum atomic E-state index is 1.02. The van der Waals surface area contributed by atoms with Crippen LogP contribution in [0.4, 0.5) is 0 Å². The highest BCUT2D eigenvalue weighted by Gasteiger charge is 2.20. The molecule has 0 amide bonds. The molecule has 0 unspecified atom stereocenters. The van der Waals surface area contributed by atoms with Crippen molar-refractivity contribution in [1.29, 1.82) is 0 Å². The number of aryl methyl sites for hydroxylation is 3. The van der Waals surface area contributed by atoms with E-state index in [2.05, 4.69) is 86.1 Å². The molecule has 0 aliphatic rings. The molecule has 0 saturated carbocycles. The van der Waals surface area contributed by atoms with E-state index in [1.165, 1.54) is 57.5 Å². The zero-order valence-electron chi connectivity index (χ0n) is 17.1. The largest absolute Gasteiger partial charge is 0.299 e. The zero-order valence-corrected chi connectivity index (χ0v) is 18.7. The first-order valence-corrected chi connectivity index (χ1v) is 11.7. The smallest absolute Gasteiger partial charge is 0.146 e. The maximum absolute atomic E-state index is 4.85. The number of nitrogens with zero attached hydrogens (tertiary/aromatic N) is 2. The van der Waals surface area contributed by atoms with Crippen LogP contribution in [0.25, 0.3) is 46.6 Å². The number of imidazole rings is 1. The van der Waals surface area contributed by atoms with Crippen molar-refractivity contribution in [3.63, 3.8) is 0 Å². The summed E-state index contributed by atoms with van der Waals surface area (Å²) in [7, 11) is 0. The van der Waals surface area contributed by atoms with E-state index in [1.807, 2.05) is 28.9 Å². The zero-order chi connectivity index (χ0) is 20.4. The molecule has 0 radical (unpaired) electrons. The van der Waals surface area contributed by atoms with E-state index in [0.29, 0.717) is 0 Å². The second kappa shape index (κ2) is 6.53. The first kappa shape index (κ1) is 17.9. The molecule has 0 atom stereocenters. The molecule has 3 aromatic carbocycles. The molecule has 3 heterocycles. The van der Waals surface area contributed by atoms with E-state index >= 15 is 0 Å². The standard InChI is InChI=1S/C26H20N2S2/c1-15-11-12-19-22-18-9-4-5-10-20(18)29-26(22)30-24(19)21(15)25-27-13-14-28(25)23-16(2)7-6-8-17(23)3/h4-14H,1-3H3. The third-order valence-corrected chi connectivity index (χ3v) is 8.42. The van der Waals surface area contributed by atoms with Gasteiger partial charge in [-0.25, -0.2) is 4.98 Å². The second-order valence-electron chi connectivity index (χ2n) is 7.86. The molecule has 0 N–H and O–H groups in total. The van der Waals surface area contributed by atoms with Crippen molar-refractivity contribution in [3.8, 4) is 17.1 Å². The third-order valence-electron chi connectivity index (χ3n) is 5.94. The highest BCUT2D eigenvalue weighted by atomic mass is 32.2. The topological polar surface area (TPSA) is 17.8 Å². The van der Waals surface area contributed by atoms with E-state index < -0.39 is 0 Å². The number of hydrogen-bond acceptors (Lipinski definition) is 3. The molecule has 146 valence electrons. The Morgan fingerprint density at radius 3 is 2.40 bits per heavy atom. The van der Waals surface area contributed by atoms with Gasteiger partial charge in [0.1, 0.15) is 5.82 Å². The van der Waals surface area contributed by atoms with Crippen LogP contribution in [0.1, 0.15) is 16.7 Å². The highest BCUT2D eigenvalue weighted by molar-refractivity contribution is 7.44. The molecule has 0 aliphatic carbocycles. The molecule has 2 nitrogen and oxygen atoms in total. The van der Waals surface area contributed by atoms with Gasteiger partial charge >= 0.3 is 0 Å². The average Bonchev–Trinajstić information content (AvgIpc) is 3.41. The Kier molecular flexibility index (Phi) is 3.89. The van der Waals surface area contributed by atoms with Crippen LogP contribution in [-0.4, -0.2) is 9.55 Å². The van der Waals surface area contributed by atoms with Crippen LogP contribution >= 0.6 is 22.7 Å².